The van der Waals surface area contributed by atoms with Gasteiger partial charge in [0.25, 0.3) is 0 Å². The third kappa shape index (κ3) is 5.07. The summed E-state index contributed by atoms with van der Waals surface area (Å²) in [5.41, 5.74) is 6.23. The molecule has 0 bridgehead atoms. The molecule has 0 aliphatic carbocycles. The largest absolute Gasteiger partial charge is 0.356 e. The number of hydrogen-bond acceptors (Lipinski definition) is 1. The van der Waals surface area contributed by atoms with Crippen LogP contribution in [0.25, 0.3) is 0 Å². The zero-order chi connectivity index (χ0) is 17.9. The molecule has 0 spiro atoms. The number of rotatable bonds is 3. The minimum absolute atomic E-state index is 0.157. The van der Waals surface area contributed by atoms with Crippen molar-refractivity contribution in [3.63, 3.8) is 0 Å². The van der Waals surface area contributed by atoms with Crippen molar-refractivity contribution in [1.82, 2.24) is 5.32 Å². The van der Waals surface area contributed by atoms with E-state index in [0.717, 1.165) is 5.69 Å². The quantitative estimate of drug-likeness (QED) is 0.706. The highest BCUT2D eigenvalue weighted by molar-refractivity contribution is 7.80. The molecule has 0 saturated heterocycles. The maximum absolute atomic E-state index is 5.46. The maximum atomic E-state index is 5.46. The predicted molar refractivity (Wildman–Crippen MR) is 109 cm³/mol. The van der Waals surface area contributed by atoms with Crippen LogP contribution in [0.5, 0.6) is 0 Å². The van der Waals surface area contributed by atoms with Gasteiger partial charge in [-0.1, -0.05) is 51.1 Å². The van der Waals surface area contributed by atoms with Crippen molar-refractivity contribution in [2.45, 2.75) is 53.0 Å². The van der Waals surface area contributed by atoms with E-state index in [2.05, 4.69) is 94.6 Å². The lowest BCUT2D eigenvalue weighted by Gasteiger charge is -2.21. The van der Waals surface area contributed by atoms with Gasteiger partial charge in [0.2, 0.25) is 0 Å². The number of benzene rings is 2. The SMILES string of the molecule is Cc1cc(C)cc(NC(=S)N[C@@H](C)c2ccc(C(C)(C)C)cc2)c1. The molecule has 128 valence electrons. The maximum Gasteiger partial charge on any atom is 0.171 e. The standard InChI is InChI=1S/C21H28N2S/c1-14-11-15(2)13-19(12-14)23-20(24)22-16(3)17-7-9-18(10-8-17)21(4,5)6/h7-13,16H,1-6H3,(H2,22,23,24)/t16-/m0/s1. The van der Waals surface area contributed by atoms with E-state index in [1.54, 1.807) is 0 Å². The second kappa shape index (κ2) is 7.35. The van der Waals surface area contributed by atoms with Gasteiger partial charge in [-0.15, -0.1) is 0 Å². The van der Waals surface area contributed by atoms with Gasteiger partial charge < -0.3 is 10.6 Å². The van der Waals surface area contributed by atoms with Crippen LogP contribution >= 0.6 is 12.2 Å². The van der Waals surface area contributed by atoms with Gasteiger partial charge in [0.15, 0.2) is 5.11 Å². The second-order valence-corrected chi connectivity index (χ2v) is 7.98. The predicted octanol–water partition coefficient (Wildman–Crippen LogP) is 5.65. The van der Waals surface area contributed by atoms with Crippen LogP contribution in [0.4, 0.5) is 5.69 Å². The summed E-state index contributed by atoms with van der Waals surface area (Å²) in [7, 11) is 0. The lowest BCUT2D eigenvalue weighted by atomic mass is 9.86. The van der Waals surface area contributed by atoms with E-state index < -0.39 is 0 Å². The van der Waals surface area contributed by atoms with E-state index >= 15 is 0 Å². The summed E-state index contributed by atoms with van der Waals surface area (Å²) < 4.78 is 0. The molecule has 1 atom stereocenters. The van der Waals surface area contributed by atoms with Crippen molar-refractivity contribution in [3.05, 3.63) is 64.7 Å². The van der Waals surface area contributed by atoms with E-state index in [1.165, 1.54) is 22.3 Å². The molecule has 2 N–H and O–H groups in total. The summed E-state index contributed by atoms with van der Waals surface area (Å²) in [5.74, 6) is 0. The number of aryl methyl sites for hydroxylation is 2. The minimum atomic E-state index is 0.157. The van der Waals surface area contributed by atoms with Gasteiger partial charge in [-0.05, 0) is 72.8 Å². The first-order valence-electron chi connectivity index (χ1n) is 8.41. The van der Waals surface area contributed by atoms with E-state index in [9.17, 15) is 0 Å². The van der Waals surface area contributed by atoms with E-state index in [-0.39, 0.29) is 11.5 Å². The molecular formula is C21H28N2S. The van der Waals surface area contributed by atoms with Crippen LogP contribution in [0.3, 0.4) is 0 Å². The van der Waals surface area contributed by atoms with Crippen LogP contribution < -0.4 is 10.6 Å². The first-order chi connectivity index (χ1) is 11.1. The highest BCUT2D eigenvalue weighted by Crippen LogP contribution is 2.24. The molecule has 0 aliphatic rings. The average molecular weight is 341 g/mol. The van der Waals surface area contributed by atoms with Crippen molar-refractivity contribution < 1.29 is 0 Å². The Morgan fingerprint density at radius 3 is 2.00 bits per heavy atom. The van der Waals surface area contributed by atoms with Crippen molar-refractivity contribution in [2.75, 3.05) is 5.32 Å². The summed E-state index contributed by atoms with van der Waals surface area (Å²) in [5, 5.41) is 7.29. The molecule has 0 amide bonds. The summed E-state index contributed by atoms with van der Waals surface area (Å²) in [6, 6.07) is 15.3. The summed E-state index contributed by atoms with van der Waals surface area (Å²) in [4.78, 5) is 0. The van der Waals surface area contributed by atoms with Gasteiger partial charge >= 0.3 is 0 Å². The lowest BCUT2D eigenvalue weighted by Crippen LogP contribution is -2.31. The molecule has 0 aromatic heterocycles. The fourth-order valence-electron chi connectivity index (χ4n) is 2.77. The summed E-state index contributed by atoms with van der Waals surface area (Å²) >= 11 is 5.46. The number of nitrogens with one attached hydrogen (secondary N) is 2. The molecule has 2 nitrogen and oxygen atoms in total. The molecule has 0 aliphatic heterocycles. The number of hydrogen-bond donors (Lipinski definition) is 2. The van der Waals surface area contributed by atoms with E-state index in [0.29, 0.717) is 5.11 Å². The van der Waals surface area contributed by atoms with Gasteiger partial charge in [-0.25, -0.2) is 0 Å². The molecule has 2 aromatic rings. The van der Waals surface area contributed by atoms with Crippen LogP contribution in [-0.4, -0.2) is 5.11 Å². The van der Waals surface area contributed by atoms with Gasteiger partial charge in [0, 0.05) is 5.69 Å². The highest BCUT2D eigenvalue weighted by atomic mass is 32.1. The molecule has 24 heavy (non-hydrogen) atoms. The summed E-state index contributed by atoms with van der Waals surface area (Å²) in [6.07, 6.45) is 0. The molecule has 2 rings (SSSR count). The van der Waals surface area contributed by atoms with Crippen molar-refractivity contribution in [2.24, 2.45) is 0 Å². The zero-order valence-electron chi connectivity index (χ0n) is 15.5. The van der Waals surface area contributed by atoms with Gasteiger partial charge in [-0.3, -0.25) is 0 Å². The Bertz CT molecular complexity index is 691. The average Bonchev–Trinajstić information content (AvgIpc) is 2.45. The van der Waals surface area contributed by atoms with Gasteiger partial charge in [-0.2, -0.15) is 0 Å². The second-order valence-electron chi connectivity index (χ2n) is 7.57. The van der Waals surface area contributed by atoms with Crippen LogP contribution in [0, 0.1) is 13.8 Å². The van der Waals surface area contributed by atoms with Crippen LogP contribution in [0.15, 0.2) is 42.5 Å². The van der Waals surface area contributed by atoms with Crippen molar-refractivity contribution in [3.8, 4) is 0 Å². The van der Waals surface area contributed by atoms with Crippen LogP contribution in [0.2, 0.25) is 0 Å². The fraction of sp³-hybridized carbons (Fsp3) is 0.381. The Morgan fingerprint density at radius 1 is 0.958 bits per heavy atom. The Kier molecular flexibility index (Phi) is 5.66. The van der Waals surface area contributed by atoms with Gasteiger partial charge in [0.1, 0.15) is 0 Å². The molecule has 3 heteroatoms. The van der Waals surface area contributed by atoms with Crippen molar-refractivity contribution >= 4 is 23.0 Å². The van der Waals surface area contributed by atoms with E-state index in [4.69, 9.17) is 12.2 Å². The smallest absolute Gasteiger partial charge is 0.171 e. The number of anilines is 1. The number of thiocarbonyl (C=S) groups is 1. The van der Waals surface area contributed by atoms with Gasteiger partial charge in [0.05, 0.1) is 6.04 Å². The minimum Gasteiger partial charge on any atom is -0.356 e. The highest BCUT2D eigenvalue weighted by Gasteiger charge is 2.14. The normalized spacial score (nSPS) is 12.6. The topological polar surface area (TPSA) is 24.1 Å². The molecule has 0 radical (unpaired) electrons. The fourth-order valence-corrected chi connectivity index (χ4v) is 3.06. The molecule has 0 unspecified atom stereocenters. The van der Waals surface area contributed by atoms with Crippen molar-refractivity contribution in [1.29, 1.82) is 0 Å². The Morgan fingerprint density at radius 2 is 1.50 bits per heavy atom. The zero-order valence-corrected chi connectivity index (χ0v) is 16.3. The molecule has 2 aromatic carbocycles. The van der Waals surface area contributed by atoms with Crippen LogP contribution in [-0.2, 0) is 5.41 Å². The molecule has 0 heterocycles. The summed E-state index contributed by atoms with van der Waals surface area (Å²) in [6.45, 7) is 13.0. The first-order valence-corrected chi connectivity index (χ1v) is 8.82. The Hall–Kier alpha value is -1.87. The monoisotopic (exact) mass is 340 g/mol. The van der Waals surface area contributed by atoms with E-state index in [1.807, 2.05) is 0 Å². The third-order valence-electron chi connectivity index (χ3n) is 4.10. The molecule has 0 fully saturated rings. The molecular weight excluding hydrogens is 312 g/mol. The lowest BCUT2D eigenvalue weighted by molar-refractivity contribution is 0.589. The molecule has 0 saturated carbocycles. The van der Waals surface area contributed by atoms with Crippen LogP contribution in [0.1, 0.15) is 56.0 Å². The Labute approximate surface area is 151 Å². The Balaban J connectivity index is 2.00. The first kappa shape index (κ1) is 18.5. The third-order valence-corrected chi connectivity index (χ3v) is 4.32.